The van der Waals surface area contributed by atoms with Gasteiger partial charge in [0.15, 0.2) is 0 Å². The summed E-state index contributed by atoms with van der Waals surface area (Å²) in [6.07, 6.45) is 1.75. The molecule has 1 aliphatic rings. The highest BCUT2D eigenvalue weighted by atomic mass is 35.5. The van der Waals surface area contributed by atoms with Crippen molar-refractivity contribution >= 4 is 29.2 Å². The fourth-order valence-electron chi connectivity index (χ4n) is 1.67. The third kappa shape index (κ3) is 3.03. The molecule has 16 heavy (non-hydrogen) atoms. The summed E-state index contributed by atoms with van der Waals surface area (Å²) >= 11 is 11.8. The molecule has 0 aromatic heterocycles. The average molecular weight is 259 g/mol. The van der Waals surface area contributed by atoms with E-state index in [-0.39, 0.29) is 12.1 Å². The maximum atomic E-state index is 5.91. The van der Waals surface area contributed by atoms with Crippen LogP contribution in [0.15, 0.2) is 23.2 Å². The number of nitrogens with two attached hydrogens (primary N) is 1. The Labute approximate surface area is 104 Å². The van der Waals surface area contributed by atoms with Crippen molar-refractivity contribution in [3.63, 3.8) is 0 Å². The minimum atomic E-state index is 0.151. The second kappa shape index (κ2) is 4.93. The molecule has 1 heterocycles. The lowest BCUT2D eigenvalue weighted by molar-refractivity contribution is 0.308. The SMILES string of the molecule is NC1=N[C@@H](CCc2cc(Cl)cc(Cl)c2)CO1. The topological polar surface area (TPSA) is 47.6 Å². The smallest absolute Gasteiger partial charge is 0.282 e. The number of halogens is 2. The molecule has 1 aromatic carbocycles. The lowest BCUT2D eigenvalue weighted by Crippen LogP contribution is -2.10. The van der Waals surface area contributed by atoms with Crippen LogP contribution in [0.2, 0.25) is 10.0 Å². The predicted molar refractivity (Wildman–Crippen MR) is 66.1 cm³/mol. The Kier molecular flexibility index (Phi) is 3.56. The summed E-state index contributed by atoms with van der Waals surface area (Å²) in [6, 6.07) is 5.99. The number of nitrogens with zero attached hydrogens (tertiary/aromatic N) is 1. The normalized spacial score (nSPS) is 19.4. The summed E-state index contributed by atoms with van der Waals surface area (Å²) in [7, 11) is 0. The van der Waals surface area contributed by atoms with Gasteiger partial charge in [-0.05, 0) is 36.6 Å². The molecule has 0 fully saturated rings. The molecule has 0 aliphatic carbocycles. The van der Waals surface area contributed by atoms with Crippen LogP contribution in [0, 0.1) is 0 Å². The number of amidine groups is 1. The Bertz CT molecular complexity index is 400. The molecule has 1 atom stereocenters. The molecule has 0 unspecified atom stereocenters. The zero-order valence-electron chi connectivity index (χ0n) is 8.62. The fraction of sp³-hybridized carbons (Fsp3) is 0.364. The molecule has 0 saturated heterocycles. The second-order valence-electron chi connectivity index (χ2n) is 3.75. The van der Waals surface area contributed by atoms with Gasteiger partial charge in [0.2, 0.25) is 0 Å². The average Bonchev–Trinajstić information content (AvgIpc) is 2.60. The van der Waals surface area contributed by atoms with Gasteiger partial charge < -0.3 is 10.5 Å². The first-order valence-corrected chi connectivity index (χ1v) is 5.80. The van der Waals surface area contributed by atoms with Crippen LogP contribution >= 0.6 is 23.2 Å². The first kappa shape index (κ1) is 11.6. The van der Waals surface area contributed by atoms with Gasteiger partial charge in [0.25, 0.3) is 6.02 Å². The van der Waals surface area contributed by atoms with Crippen molar-refractivity contribution in [1.82, 2.24) is 0 Å². The Balaban J connectivity index is 1.94. The van der Waals surface area contributed by atoms with Crippen LogP contribution in [0.4, 0.5) is 0 Å². The molecule has 2 N–H and O–H groups in total. The summed E-state index contributed by atoms with van der Waals surface area (Å²) in [5, 5.41) is 1.32. The summed E-state index contributed by atoms with van der Waals surface area (Å²) in [4.78, 5) is 4.15. The van der Waals surface area contributed by atoms with Gasteiger partial charge in [0, 0.05) is 10.0 Å². The van der Waals surface area contributed by atoms with Gasteiger partial charge in [-0.15, -0.1) is 0 Å². The van der Waals surface area contributed by atoms with Crippen LogP contribution in [0.25, 0.3) is 0 Å². The van der Waals surface area contributed by atoms with E-state index in [0.717, 1.165) is 18.4 Å². The van der Waals surface area contributed by atoms with Gasteiger partial charge in [-0.1, -0.05) is 23.2 Å². The van der Waals surface area contributed by atoms with Crippen LogP contribution in [0.1, 0.15) is 12.0 Å². The summed E-state index contributed by atoms with van der Waals surface area (Å²) in [5.74, 6) is 0. The molecule has 0 radical (unpaired) electrons. The number of aliphatic imine (C=N–C) groups is 1. The summed E-state index contributed by atoms with van der Waals surface area (Å²) in [5.41, 5.74) is 6.54. The number of aryl methyl sites for hydroxylation is 1. The number of hydrogen-bond acceptors (Lipinski definition) is 3. The van der Waals surface area contributed by atoms with Gasteiger partial charge in [-0.3, -0.25) is 0 Å². The third-order valence-electron chi connectivity index (χ3n) is 2.42. The van der Waals surface area contributed by atoms with E-state index in [4.69, 9.17) is 33.7 Å². The maximum absolute atomic E-state index is 5.91. The van der Waals surface area contributed by atoms with E-state index in [1.54, 1.807) is 6.07 Å². The molecule has 0 saturated carbocycles. The molecule has 86 valence electrons. The van der Waals surface area contributed by atoms with Gasteiger partial charge in [-0.25, -0.2) is 4.99 Å². The summed E-state index contributed by atoms with van der Waals surface area (Å²) in [6.45, 7) is 0.570. The number of hydrogen-bond donors (Lipinski definition) is 1. The molecule has 1 aromatic rings. The third-order valence-corrected chi connectivity index (χ3v) is 2.86. The van der Waals surface area contributed by atoms with Crippen molar-refractivity contribution in [2.24, 2.45) is 10.7 Å². The highest BCUT2D eigenvalue weighted by Crippen LogP contribution is 2.21. The lowest BCUT2D eigenvalue weighted by atomic mass is 10.1. The van der Waals surface area contributed by atoms with E-state index in [0.29, 0.717) is 16.7 Å². The molecule has 3 nitrogen and oxygen atoms in total. The molecule has 0 spiro atoms. The van der Waals surface area contributed by atoms with E-state index in [2.05, 4.69) is 4.99 Å². The van der Waals surface area contributed by atoms with Crippen molar-refractivity contribution in [2.75, 3.05) is 6.61 Å². The van der Waals surface area contributed by atoms with E-state index < -0.39 is 0 Å². The molecular weight excluding hydrogens is 247 g/mol. The van der Waals surface area contributed by atoms with Crippen molar-refractivity contribution in [3.8, 4) is 0 Å². The number of ether oxygens (including phenoxy) is 1. The van der Waals surface area contributed by atoms with E-state index in [1.165, 1.54) is 0 Å². The molecule has 0 amide bonds. The largest absolute Gasteiger partial charge is 0.463 e. The Morgan fingerprint density at radius 3 is 2.56 bits per heavy atom. The quantitative estimate of drug-likeness (QED) is 0.907. The Morgan fingerprint density at radius 1 is 1.31 bits per heavy atom. The minimum absolute atomic E-state index is 0.151. The van der Waals surface area contributed by atoms with Crippen molar-refractivity contribution < 1.29 is 4.74 Å². The van der Waals surface area contributed by atoms with Gasteiger partial charge in [-0.2, -0.15) is 0 Å². The second-order valence-corrected chi connectivity index (χ2v) is 4.62. The van der Waals surface area contributed by atoms with Crippen molar-refractivity contribution in [3.05, 3.63) is 33.8 Å². The molecule has 0 bridgehead atoms. The molecule has 2 rings (SSSR count). The van der Waals surface area contributed by atoms with E-state index >= 15 is 0 Å². The Hall–Kier alpha value is -0.930. The van der Waals surface area contributed by atoms with E-state index in [1.807, 2.05) is 12.1 Å². The molecule has 1 aliphatic heterocycles. The van der Waals surface area contributed by atoms with Crippen LogP contribution in [-0.4, -0.2) is 18.7 Å². The Morgan fingerprint density at radius 2 is 2.00 bits per heavy atom. The van der Waals surface area contributed by atoms with Crippen LogP contribution in [-0.2, 0) is 11.2 Å². The van der Waals surface area contributed by atoms with Crippen LogP contribution < -0.4 is 5.73 Å². The number of benzene rings is 1. The molecule has 5 heteroatoms. The van der Waals surface area contributed by atoms with Crippen molar-refractivity contribution in [1.29, 1.82) is 0 Å². The minimum Gasteiger partial charge on any atom is -0.463 e. The van der Waals surface area contributed by atoms with Crippen LogP contribution in [0.3, 0.4) is 0 Å². The first-order valence-electron chi connectivity index (χ1n) is 5.04. The first-order chi connectivity index (χ1) is 7.63. The molecular formula is C11H12Cl2N2O. The zero-order valence-corrected chi connectivity index (χ0v) is 10.1. The van der Waals surface area contributed by atoms with E-state index in [9.17, 15) is 0 Å². The fourth-order valence-corrected chi connectivity index (χ4v) is 2.24. The highest BCUT2D eigenvalue weighted by Gasteiger charge is 2.16. The predicted octanol–water partition coefficient (Wildman–Crippen LogP) is 2.64. The van der Waals surface area contributed by atoms with Gasteiger partial charge in [0.05, 0.1) is 6.04 Å². The number of rotatable bonds is 3. The van der Waals surface area contributed by atoms with Crippen molar-refractivity contribution in [2.45, 2.75) is 18.9 Å². The monoisotopic (exact) mass is 258 g/mol. The lowest BCUT2D eigenvalue weighted by Gasteiger charge is -2.06. The van der Waals surface area contributed by atoms with Gasteiger partial charge >= 0.3 is 0 Å². The standard InChI is InChI=1S/C11H12Cl2N2O/c12-8-3-7(4-9(13)5-8)1-2-10-6-16-11(14)15-10/h3-5,10H,1-2,6H2,(H2,14,15)/t10-/m0/s1. The van der Waals surface area contributed by atoms with Gasteiger partial charge in [0.1, 0.15) is 6.61 Å². The van der Waals surface area contributed by atoms with Crippen LogP contribution in [0.5, 0.6) is 0 Å². The zero-order chi connectivity index (χ0) is 11.5. The summed E-state index contributed by atoms with van der Waals surface area (Å²) < 4.78 is 5.08. The highest BCUT2D eigenvalue weighted by molar-refractivity contribution is 6.34. The maximum Gasteiger partial charge on any atom is 0.282 e.